The number of nitrogens with zero attached hydrogens (tertiary/aromatic N) is 3. The van der Waals surface area contributed by atoms with E-state index in [4.69, 9.17) is 16.3 Å². The fraction of sp³-hybridized carbons (Fsp3) is 0.500. The van der Waals surface area contributed by atoms with E-state index >= 15 is 0 Å². The minimum Gasteiger partial charge on any atom is -0.378 e. The van der Waals surface area contributed by atoms with Gasteiger partial charge >= 0.3 is 0 Å². The van der Waals surface area contributed by atoms with Gasteiger partial charge in [0.15, 0.2) is 0 Å². The number of amides is 1. The molecular weight excluding hydrogens is 388 g/mol. The molecule has 1 amide bonds. The number of anilines is 2. The maximum Gasteiger partial charge on any atom is 0.235 e. The number of rotatable bonds is 4. The molecule has 4 rings (SSSR count). The summed E-state index contributed by atoms with van der Waals surface area (Å²) in [6.07, 6.45) is 3.76. The van der Waals surface area contributed by atoms with Crippen molar-refractivity contribution in [2.24, 2.45) is 0 Å². The van der Waals surface area contributed by atoms with Crippen LogP contribution in [0.25, 0.3) is 0 Å². The van der Waals surface area contributed by atoms with Crippen LogP contribution in [0.3, 0.4) is 0 Å². The second-order valence-electron chi connectivity index (χ2n) is 7.92. The molecule has 0 bridgehead atoms. The first-order valence-electron chi connectivity index (χ1n) is 10.2. The number of benzene rings is 1. The van der Waals surface area contributed by atoms with Crippen LogP contribution in [0.4, 0.5) is 11.6 Å². The van der Waals surface area contributed by atoms with E-state index in [1.165, 1.54) is 0 Å². The van der Waals surface area contributed by atoms with Gasteiger partial charge in [-0.2, -0.15) is 0 Å². The standard InChI is InChI=1S/C22H27ClN4O2/c1-15-19(16(2)25-21(24-15)27-11-13-29-14-12-27)26-20(28)22(9-3-4-10-22)17-5-7-18(23)8-6-17/h5-8H,3-4,9-14H2,1-2H3,(H,26,28). The molecule has 1 aliphatic carbocycles. The summed E-state index contributed by atoms with van der Waals surface area (Å²) >= 11 is 6.06. The lowest BCUT2D eigenvalue weighted by Crippen LogP contribution is -2.39. The van der Waals surface area contributed by atoms with E-state index < -0.39 is 5.41 Å². The van der Waals surface area contributed by atoms with Crippen LogP contribution in [0.2, 0.25) is 5.02 Å². The van der Waals surface area contributed by atoms with Crippen LogP contribution in [-0.4, -0.2) is 42.2 Å². The molecule has 2 aromatic rings. The number of halogens is 1. The molecule has 0 spiro atoms. The van der Waals surface area contributed by atoms with Crippen molar-refractivity contribution in [1.82, 2.24) is 9.97 Å². The molecule has 7 heteroatoms. The highest BCUT2D eigenvalue weighted by Crippen LogP contribution is 2.42. The number of aryl methyl sites for hydroxylation is 2. The van der Waals surface area contributed by atoms with Gasteiger partial charge in [0, 0.05) is 18.1 Å². The quantitative estimate of drug-likeness (QED) is 0.817. The zero-order valence-corrected chi connectivity index (χ0v) is 17.8. The number of hydrogen-bond acceptors (Lipinski definition) is 5. The fourth-order valence-corrected chi connectivity index (χ4v) is 4.54. The van der Waals surface area contributed by atoms with Crippen molar-refractivity contribution in [3.63, 3.8) is 0 Å². The molecule has 2 fully saturated rings. The summed E-state index contributed by atoms with van der Waals surface area (Å²) in [6.45, 7) is 6.79. The number of ether oxygens (including phenoxy) is 1. The Bertz CT molecular complexity index is 865. The molecule has 6 nitrogen and oxygen atoms in total. The first-order valence-corrected chi connectivity index (χ1v) is 10.6. The van der Waals surface area contributed by atoms with Crippen molar-refractivity contribution < 1.29 is 9.53 Å². The summed E-state index contributed by atoms with van der Waals surface area (Å²) in [5.74, 6) is 0.723. The van der Waals surface area contributed by atoms with E-state index in [0.29, 0.717) is 29.9 Å². The Morgan fingerprint density at radius 1 is 1.07 bits per heavy atom. The average Bonchev–Trinajstić information content (AvgIpc) is 3.23. The number of hydrogen-bond donors (Lipinski definition) is 1. The van der Waals surface area contributed by atoms with Crippen molar-refractivity contribution in [2.45, 2.75) is 44.9 Å². The molecule has 2 aliphatic rings. The first kappa shape index (κ1) is 20.1. The van der Waals surface area contributed by atoms with E-state index in [0.717, 1.165) is 55.7 Å². The van der Waals surface area contributed by atoms with Gasteiger partial charge in [-0.25, -0.2) is 9.97 Å². The minimum atomic E-state index is -0.521. The van der Waals surface area contributed by atoms with E-state index in [1.807, 2.05) is 38.1 Å². The Balaban J connectivity index is 1.60. The topological polar surface area (TPSA) is 67.3 Å². The average molecular weight is 415 g/mol. The van der Waals surface area contributed by atoms with E-state index in [9.17, 15) is 4.79 Å². The third kappa shape index (κ3) is 3.96. The molecule has 154 valence electrons. The fourth-order valence-electron chi connectivity index (χ4n) is 4.41. The summed E-state index contributed by atoms with van der Waals surface area (Å²) in [6, 6.07) is 7.68. The van der Waals surface area contributed by atoms with Gasteiger partial charge in [0.1, 0.15) is 0 Å². The zero-order chi connectivity index (χ0) is 20.4. The van der Waals surface area contributed by atoms with Crippen molar-refractivity contribution in [3.05, 3.63) is 46.2 Å². The monoisotopic (exact) mass is 414 g/mol. The molecule has 2 heterocycles. The van der Waals surface area contributed by atoms with Crippen LogP contribution in [0.15, 0.2) is 24.3 Å². The summed E-state index contributed by atoms with van der Waals surface area (Å²) in [7, 11) is 0. The van der Waals surface area contributed by atoms with Crippen LogP contribution >= 0.6 is 11.6 Å². The van der Waals surface area contributed by atoms with Gasteiger partial charge in [-0.05, 0) is 44.4 Å². The van der Waals surface area contributed by atoms with Crippen LogP contribution in [0, 0.1) is 13.8 Å². The molecule has 0 unspecified atom stereocenters. The minimum absolute atomic E-state index is 0.0197. The number of morpholine rings is 1. The zero-order valence-electron chi connectivity index (χ0n) is 17.0. The molecule has 1 aromatic heterocycles. The molecule has 0 radical (unpaired) electrons. The maximum absolute atomic E-state index is 13.5. The molecule has 0 atom stereocenters. The second-order valence-corrected chi connectivity index (χ2v) is 8.36. The van der Waals surface area contributed by atoms with Gasteiger partial charge < -0.3 is 15.0 Å². The van der Waals surface area contributed by atoms with Crippen LogP contribution in [-0.2, 0) is 14.9 Å². The van der Waals surface area contributed by atoms with Crippen LogP contribution in [0.1, 0.15) is 42.6 Å². The van der Waals surface area contributed by atoms with E-state index in [-0.39, 0.29) is 5.91 Å². The summed E-state index contributed by atoms with van der Waals surface area (Å²) in [4.78, 5) is 25.0. The highest BCUT2D eigenvalue weighted by molar-refractivity contribution is 6.30. The lowest BCUT2D eigenvalue weighted by atomic mass is 9.78. The van der Waals surface area contributed by atoms with Crippen molar-refractivity contribution >= 4 is 29.1 Å². The van der Waals surface area contributed by atoms with Crippen molar-refractivity contribution in [1.29, 1.82) is 0 Å². The number of aromatic nitrogens is 2. The van der Waals surface area contributed by atoms with Gasteiger partial charge in [0.2, 0.25) is 11.9 Å². The predicted octanol–water partition coefficient (Wildman–Crippen LogP) is 4.03. The Kier molecular flexibility index (Phi) is 5.74. The van der Waals surface area contributed by atoms with Crippen LogP contribution in [0.5, 0.6) is 0 Å². The lowest BCUT2D eigenvalue weighted by Gasteiger charge is -2.30. The lowest BCUT2D eigenvalue weighted by molar-refractivity contribution is -0.121. The Morgan fingerprint density at radius 2 is 1.66 bits per heavy atom. The predicted molar refractivity (Wildman–Crippen MR) is 115 cm³/mol. The third-order valence-electron chi connectivity index (χ3n) is 6.08. The SMILES string of the molecule is Cc1nc(N2CCOCC2)nc(C)c1NC(=O)C1(c2ccc(Cl)cc2)CCCC1. The van der Waals surface area contributed by atoms with Gasteiger partial charge in [0.25, 0.3) is 0 Å². The van der Waals surface area contributed by atoms with Crippen molar-refractivity contribution in [3.8, 4) is 0 Å². The molecule has 1 aromatic carbocycles. The molecular formula is C22H27ClN4O2. The summed E-state index contributed by atoms with van der Waals surface area (Å²) in [5, 5.41) is 3.85. The van der Waals surface area contributed by atoms with Gasteiger partial charge in [-0.1, -0.05) is 36.6 Å². The highest BCUT2D eigenvalue weighted by atomic mass is 35.5. The van der Waals surface area contributed by atoms with Crippen molar-refractivity contribution in [2.75, 3.05) is 36.5 Å². The maximum atomic E-state index is 13.5. The first-order chi connectivity index (χ1) is 14.0. The van der Waals surface area contributed by atoms with Crippen LogP contribution < -0.4 is 10.2 Å². The Hall–Kier alpha value is -2.18. The van der Waals surface area contributed by atoms with Gasteiger partial charge in [-0.3, -0.25) is 4.79 Å². The molecule has 29 heavy (non-hydrogen) atoms. The van der Waals surface area contributed by atoms with E-state index in [2.05, 4.69) is 20.2 Å². The summed E-state index contributed by atoms with van der Waals surface area (Å²) < 4.78 is 5.41. The third-order valence-corrected chi connectivity index (χ3v) is 6.33. The molecule has 1 saturated heterocycles. The number of carbonyl (C=O) groups is 1. The smallest absolute Gasteiger partial charge is 0.235 e. The van der Waals surface area contributed by atoms with Gasteiger partial charge in [0.05, 0.1) is 35.7 Å². The summed E-state index contributed by atoms with van der Waals surface area (Å²) in [5.41, 5.74) is 2.80. The second kappa shape index (κ2) is 8.28. The number of carbonyl (C=O) groups excluding carboxylic acids is 1. The van der Waals surface area contributed by atoms with Gasteiger partial charge in [-0.15, -0.1) is 0 Å². The Morgan fingerprint density at radius 3 is 2.24 bits per heavy atom. The normalized spacial score (nSPS) is 18.7. The Labute approximate surface area is 176 Å². The van der Waals surface area contributed by atoms with E-state index in [1.54, 1.807) is 0 Å². The molecule has 1 aliphatic heterocycles. The number of nitrogens with one attached hydrogen (secondary N) is 1. The molecule has 1 N–H and O–H groups in total. The highest BCUT2D eigenvalue weighted by Gasteiger charge is 2.43. The largest absolute Gasteiger partial charge is 0.378 e. The molecule has 1 saturated carbocycles.